The Bertz CT molecular complexity index is 1100. The topological polar surface area (TPSA) is 89.3 Å². The molecule has 5 rings (SSSR count). The summed E-state index contributed by atoms with van der Waals surface area (Å²) in [5.41, 5.74) is 4.56. The minimum Gasteiger partial charge on any atom is -0.378 e. The number of carbonyl (C=O) groups excluding carboxylic acids is 2. The summed E-state index contributed by atoms with van der Waals surface area (Å²) in [5, 5.41) is 7.39. The molecule has 1 saturated heterocycles. The highest BCUT2D eigenvalue weighted by Gasteiger charge is 2.20. The van der Waals surface area contributed by atoms with E-state index < -0.39 is 0 Å². The van der Waals surface area contributed by atoms with Crippen LogP contribution in [0, 0.1) is 0 Å². The molecule has 0 bridgehead atoms. The summed E-state index contributed by atoms with van der Waals surface area (Å²) in [5.74, 6) is -0.0803. The van der Waals surface area contributed by atoms with Gasteiger partial charge in [-0.25, -0.2) is 0 Å². The van der Waals surface area contributed by atoms with E-state index in [1.165, 1.54) is 0 Å². The molecule has 0 spiro atoms. The first kappa shape index (κ1) is 18.5. The number of amides is 2. The molecule has 8 heteroatoms. The molecule has 1 aromatic carbocycles. The van der Waals surface area contributed by atoms with Crippen LogP contribution < -0.4 is 5.32 Å². The number of fused-ring (bicyclic) bond motifs is 1. The van der Waals surface area contributed by atoms with Gasteiger partial charge >= 0.3 is 0 Å². The molecule has 30 heavy (non-hydrogen) atoms. The number of pyridine rings is 1. The van der Waals surface area contributed by atoms with Gasteiger partial charge in [-0.15, -0.1) is 0 Å². The van der Waals surface area contributed by atoms with Gasteiger partial charge in [-0.2, -0.15) is 5.10 Å². The van der Waals surface area contributed by atoms with Crippen molar-refractivity contribution in [3.8, 4) is 22.5 Å². The Morgan fingerprint density at radius 3 is 2.53 bits per heavy atom. The molecule has 0 atom stereocenters. The molecule has 1 fully saturated rings. The first-order valence-corrected chi connectivity index (χ1v) is 9.99. The Morgan fingerprint density at radius 1 is 0.967 bits per heavy atom. The van der Waals surface area contributed by atoms with Crippen LogP contribution in [0.25, 0.3) is 22.5 Å². The summed E-state index contributed by atoms with van der Waals surface area (Å²) in [6, 6.07) is 13.1. The monoisotopic (exact) mass is 403 g/mol. The fourth-order valence-corrected chi connectivity index (χ4v) is 3.76. The van der Waals surface area contributed by atoms with Gasteiger partial charge in [-0.3, -0.25) is 19.3 Å². The van der Waals surface area contributed by atoms with Crippen LogP contribution in [-0.2, 0) is 11.3 Å². The molecule has 1 N–H and O–H groups in total. The van der Waals surface area contributed by atoms with Crippen LogP contribution in [-0.4, -0.2) is 64.3 Å². The van der Waals surface area contributed by atoms with Gasteiger partial charge in [0.1, 0.15) is 5.69 Å². The highest BCUT2D eigenvalue weighted by Crippen LogP contribution is 2.25. The van der Waals surface area contributed by atoms with Crippen LogP contribution in [0.1, 0.15) is 20.8 Å². The summed E-state index contributed by atoms with van der Waals surface area (Å²) in [6.07, 6.45) is 1.73. The normalized spacial score (nSPS) is 16.1. The number of nitrogens with one attached hydrogen (secondary N) is 1. The van der Waals surface area contributed by atoms with Crippen LogP contribution in [0.15, 0.2) is 48.7 Å². The van der Waals surface area contributed by atoms with Crippen molar-refractivity contribution < 1.29 is 14.3 Å². The number of hydrogen-bond acceptors (Lipinski definition) is 5. The van der Waals surface area contributed by atoms with Crippen molar-refractivity contribution in [3.05, 3.63) is 59.9 Å². The predicted octanol–water partition coefficient (Wildman–Crippen LogP) is 1.83. The summed E-state index contributed by atoms with van der Waals surface area (Å²) in [7, 11) is 0. The van der Waals surface area contributed by atoms with Crippen molar-refractivity contribution >= 4 is 11.8 Å². The maximum Gasteiger partial charge on any atom is 0.269 e. The molecule has 2 aliphatic heterocycles. The number of morpholine rings is 1. The highest BCUT2D eigenvalue weighted by molar-refractivity contribution is 5.95. The lowest BCUT2D eigenvalue weighted by Crippen LogP contribution is -2.40. The van der Waals surface area contributed by atoms with E-state index in [-0.39, 0.29) is 11.8 Å². The van der Waals surface area contributed by atoms with E-state index in [4.69, 9.17) is 4.74 Å². The number of aromatic nitrogens is 3. The van der Waals surface area contributed by atoms with Crippen molar-refractivity contribution in [1.82, 2.24) is 25.0 Å². The summed E-state index contributed by atoms with van der Waals surface area (Å²) >= 11 is 0. The lowest BCUT2D eigenvalue weighted by atomic mass is 10.0. The average molecular weight is 403 g/mol. The van der Waals surface area contributed by atoms with Gasteiger partial charge < -0.3 is 15.0 Å². The van der Waals surface area contributed by atoms with E-state index in [0.717, 1.165) is 22.5 Å². The standard InChI is InChI=1S/C22H21N5O3/c28-21-20-14-19(25-27(20)8-7-24-21)17-5-6-23-18(13-17)15-1-3-16(4-2-15)22(29)26-9-11-30-12-10-26/h1-6,13-14H,7-12H2,(H,24,28). The van der Waals surface area contributed by atoms with Crippen molar-refractivity contribution in [3.63, 3.8) is 0 Å². The Kier molecular flexibility index (Phi) is 4.76. The number of nitrogens with zero attached hydrogens (tertiary/aromatic N) is 4. The van der Waals surface area contributed by atoms with Crippen LogP contribution in [0.2, 0.25) is 0 Å². The highest BCUT2D eigenvalue weighted by atomic mass is 16.5. The molecule has 0 saturated carbocycles. The predicted molar refractivity (Wildman–Crippen MR) is 110 cm³/mol. The minimum absolute atomic E-state index is 0.0217. The minimum atomic E-state index is -0.102. The largest absolute Gasteiger partial charge is 0.378 e. The van der Waals surface area contributed by atoms with E-state index in [1.54, 1.807) is 16.9 Å². The maximum atomic E-state index is 12.6. The molecule has 0 unspecified atom stereocenters. The van der Waals surface area contributed by atoms with Crippen LogP contribution in [0.3, 0.4) is 0 Å². The third-order valence-electron chi connectivity index (χ3n) is 5.40. The van der Waals surface area contributed by atoms with Crippen LogP contribution in [0.4, 0.5) is 0 Å². The average Bonchev–Trinajstić information content (AvgIpc) is 3.25. The first-order valence-electron chi connectivity index (χ1n) is 9.99. The summed E-state index contributed by atoms with van der Waals surface area (Å²) in [4.78, 5) is 30.9. The number of rotatable bonds is 3. The molecular weight excluding hydrogens is 382 g/mol. The zero-order chi connectivity index (χ0) is 20.5. The van der Waals surface area contributed by atoms with Gasteiger partial charge in [0.25, 0.3) is 11.8 Å². The summed E-state index contributed by atoms with van der Waals surface area (Å²) in [6.45, 7) is 3.66. The van der Waals surface area contributed by atoms with Crippen molar-refractivity contribution in [1.29, 1.82) is 0 Å². The Morgan fingerprint density at radius 2 is 1.77 bits per heavy atom. The number of carbonyl (C=O) groups is 2. The number of ether oxygens (including phenoxy) is 1. The van der Waals surface area contributed by atoms with Gasteiger partial charge in [0, 0.05) is 42.5 Å². The van der Waals surface area contributed by atoms with E-state index >= 15 is 0 Å². The van der Waals surface area contributed by atoms with Gasteiger partial charge in [-0.05, 0) is 30.3 Å². The molecule has 4 heterocycles. The van der Waals surface area contributed by atoms with Crippen LogP contribution >= 0.6 is 0 Å². The molecule has 2 aromatic heterocycles. The van der Waals surface area contributed by atoms with Gasteiger partial charge in [0.05, 0.1) is 31.1 Å². The molecule has 152 valence electrons. The molecule has 8 nitrogen and oxygen atoms in total. The molecule has 0 radical (unpaired) electrons. The third kappa shape index (κ3) is 3.46. The van der Waals surface area contributed by atoms with Gasteiger partial charge in [0.2, 0.25) is 0 Å². The van der Waals surface area contributed by atoms with Gasteiger partial charge in [0.15, 0.2) is 0 Å². The first-order chi connectivity index (χ1) is 14.7. The Labute approximate surface area is 173 Å². The molecular formula is C22H21N5O3. The lowest BCUT2D eigenvalue weighted by molar-refractivity contribution is 0.0303. The smallest absolute Gasteiger partial charge is 0.269 e. The second-order valence-corrected chi connectivity index (χ2v) is 7.31. The van der Waals surface area contributed by atoms with E-state index in [9.17, 15) is 9.59 Å². The van der Waals surface area contributed by atoms with Crippen molar-refractivity contribution in [2.75, 3.05) is 32.8 Å². The molecule has 3 aromatic rings. The Hall–Kier alpha value is -3.52. The van der Waals surface area contributed by atoms with E-state index in [0.29, 0.717) is 50.7 Å². The van der Waals surface area contributed by atoms with Crippen molar-refractivity contribution in [2.45, 2.75) is 6.54 Å². The molecule has 2 aliphatic rings. The fraction of sp³-hybridized carbons (Fsp3) is 0.273. The van der Waals surface area contributed by atoms with Crippen molar-refractivity contribution in [2.24, 2.45) is 0 Å². The fourth-order valence-electron chi connectivity index (χ4n) is 3.76. The number of hydrogen-bond donors (Lipinski definition) is 1. The zero-order valence-electron chi connectivity index (χ0n) is 16.4. The lowest BCUT2D eigenvalue weighted by Gasteiger charge is -2.26. The van der Waals surface area contributed by atoms with E-state index in [1.807, 2.05) is 41.3 Å². The van der Waals surface area contributed by atoms with E-state index in [2.05, 4.69) is 15.4 Å². The second-order valence-electron chi connectivity index (χ2n) is 7.31. The zero-order valence-corrected chi connectivity index (χ0v) is 16.4. The third-order valence-corrected chi connectivity index (χ3v) is 5.40. The molecule has 2 amide bonds. The van der Waals surface area contributed by atoms with Gasteiger partial charge in [-0.1, -0.05) is 12.1 Å². The maximum absolute atomic E-state index is 12.6. The Balaban J connectivity index is 1.39. The quantitative estimate of drug-likeness (QED) is 0.721. The molecule has 0 aliphatic carbocycles. The van der Waals surface area contributed by atoms with Crippen LogP contribution in [0.5, 0.6) is 0 Å². The number of benzene rings is 1. The SMILES string of the molecule is O=C1NCCn2nc(-c3ccnc(-c4ccc(C(=O)N5CCOCC5)cc4)c3)cc21. The second kappa shape index (κ2) is 7.72. The summed E-state index contributed by atoms with van der Waals surface area (Å²) < 4.78 is 7.05.